The van der Waals surface area contributed by atoms with E-state index in [0.717, 1.165) is 11.3 Å². The van der Waals surface area contributed by atoms with Gasteiger partial charge in [0.15, 0.2) is 0 Å². The molecule has 4 nitrogen and oxygen atoms in total. The summed E-state index contributed by atoms with van der Waals surface area (Å²) in [5.41, 5.74) is 2.15. The van der Waals surface area contributed by atoms with E-state index in [4.69, 9.17) is 16.3 Å². The van der Waals surface area contributed by atoms with E-state index in [-0.39, 0.29) is 6.03 Å². The Morgan fingerprint density at radius 2 is 1.85 bits per heavy atom. The normalized spacial score (nSPS) is 9.95. The van der Waals surface area contributed by atoms with Gasteiger partial charge in [-0.25, -0.2) is 4.79 Å². The van der Waals surface area contributed by atoms with Crippen LogP contribution in [0.1, 0.15) is 5.56 Å². The Bertz CT molecular complexity index is 615. The summed E-state index contributed by atoms with van der Waals surface area (Å²) in [5.74, 6) is 0.517. The van der Waals surface area contributed by atoms with Crippen molar-refractivity contribution in [1.29, 1.82) is 0 Å². The minimum Gasteiger partial charge on any atom is -0.495 e. The summed E-state index contributed by atoms with van der Waals surface area (Å²) in [6, 6.07) is 12.3. The molecule has 2 aromatic carbocycles. The van der Waals surface area contributed by atoms with Gasteiger partial charge in [0, 0.05) is 16.8 Å². The molecule has 2 amide bonds. The van der Waals surface area contributed by atoms with Gasteiger partial charge in [0.1, 0.15) is 5.75 Å². The van der Waals surface area contributed by atoms with Crippen molar-refractivity contribution < 1.29 is 9.53 Å². The lowest BCUT2D eigenvalue weighted by atomic mass is 10.2. The molecular weight excluding hydrogens is 276 g/mol. The van der Waals surface area contributed by atoms with Gasteiger partial charge >= 0.3 is 6.03 Å². The molecule has 5 heteroatoms. The predicted molar refractivity (Wildman–Crippen MR) is 81.8 cm³/mol. The average Bonchev–Trinajstić information content (AvgIpc) is 2.43. The second-order valence-electron chi connectivity index (χ2n) is 4.25. The minimum atomic E-state index is -0.337. The fraction of sp³-hybridized carbons (Fsp3) is 0.133. The third-order valence-corrected chi connectivity index (χ3v) is 3.17. The maximum atomic E-state index is 11.9. The topological polar surface area (TPSA) is 50.4 Å². The van der Waals surface area contributed by atoms with Gasteiger partial charge in [0.2, 0.25) is 0 Å². The first kappa shape index (κ1) is 14.2. The number of nitrogens with one attached hydrogen (secondary N) is 2. The molecule has 0 aliphatic carbocycles. The van der Waals surface area contributed by atoms with Crippen LogP contribution in [-0.2, 0) is 0 Å². The summed E-state index contributed by atoms with van der Waals surface area (Å²) in [6.45, 7) is 1.86. The van der Waals surface area contributed by atoms with Crippen molar-refractivity contribution in [1.82, 2.24) is 0 Å². The highest BCUT2D eigenvalue weighted by Gasteiger charge is 2.10. The number of hydrogen-bond acceptors (Lipinski definition) is 2. The van der Waals surface area contributed by atoms with Gasteiger partial charge in [-0.05, 0) is 30.7 Å². The van der Waals surface area contributed by atoms with Crippen LogP contribution in [0.4, 0.5) is 16.2 Å². The zero-order valence-corrected chi connectivity index (χ0v) is 12.0. The first-order valence-electron chi connectivity index (χ1n) is 6.07. The van der Waals surface area contributed by atoms with E-state index in [1.165, 1.54) is 7.11 Å². The lowest BCUT2D eigenvalue weighted by Crippen LogP contribution is -2.19. The molecule has 0 saturated heterocycles. The van der Waals surface area contributed by atoms with E-state index in [9.17, 15) is 4.79 Å². The van der Waals surface area contributed by atoms with Crippen molar-refractivity contribution in [3.05, 3.63) is 53.1 Å². The number of anilines is 2. The first-order valence-corrected chi connectivity index (χ1v) is 6.45. The molecule has 2 aromatic rings. The molecule has 0 unspecified atom stereocenters. The van der Waals surface area contributed by atoms with Crippen LogP contribution in [0, 0.1) is 6.92 Å². The molecule has 0 heterocycles. The molecule has 0 bridgehead atoms. The Morgan fingerprint density at radius 1 is 1.15 bits per heavy atom. The van der Waals surface area contributed by atoms with Crippen molar-refractivity contribution in [2.24, 2.45) is 0 Å². The quantitative estimate of drug-likeness (QED) is 0.885. The van der Waals surface area contributed by atoms with E-state index in [2.05, 4.69) is 10.6 Å². The molecule has 2 rings (SSSR count). The maximum absolute atomic E-state index is 11.9. The first-order chi connectivity index (χ1) is 9.60. The van der Waals surface area contributed by atoms with Crippen LogP contribution in [0.2, 0.25) is 5.02 Å². The second-order valence-corrected chi connectivity index (χ2v) is 4.65. The zero-order valence-electron chi connectivity index (χ0n) is 11.2. The van der Waals surface area contributed by atoms with Crippen molar-refractivity contribution in [3.63, 3.8) is 0 Å². The molecule has 0 radical (unpaired) electrons. The molecule has 0 spiro atoms. The Kier molecular flexibility index (Phi) is 4.48. The van der Waals surface area contributed by atoms with Crippen LogP contribution in [0.25, 0.3) is 0 Å². The van der Waals surface area contributed by atoms with Gasteiger partial charge < -0.3 is 15.4 Å². The van der Waals surface area contributed by atoms with E-state index >= 15 is 0 Å². The van der Waals surface area contributed by atoms with Gasteiger partial charge in [-0.15, -0.1) is 0 Å². The Labute approximate surface area is 122 Å². The smallest absolute Gasteiger partial charge is 0.323 e. The van der Waals surface area contributed by atoms with E-state index < -0.39 is 0 Å². The van der Waals surface area contributed by atoms with Crippen LogP contribution in [0.15, 0.2) is 42.5 Å². The largest absolute Gasteiger partial charge is 0.495 e. The number of carbonyl (C=O) groups excluding carboxylic acids is 1. The highest BCUT2D eigenvalue weighted by Crippen LogP contribution is 2.30. The predicted octanol–water partition coefficient (Wildman–Crippen LogP) is 4.30. The van der Waals surface area contributed by atoms with E-state index in [1.807, 2.05) is 37.3 Å². The molecule has 0 aliphatic rings. The molecule has 20 heavy (non-hydrogen) atoms. The Hall–Kier alpha value is -2.20. The Morgan fingerprint density at radius 3 is 2.50 bits per heavy atom. The summed E-state index contributed by atoms with van der Waals surface area (Å²) in [5, 5.41) is 6.07. The fourth-order valence-corrected chi connectivity index (χ4v) is 1.89. The molecule has 0 aliphatic heterocycles. The molecule has 104 valence electrons. The van der Waals surface area contributed by atoms with Crippen LogP contribution >= 0.6 is 11.6 Å². The SMILES string of the molecule is COc1cc(Cl)c(C)cc1NC(=O)Nc1ccccc1. The summed E-state index contributed by atoms with van der Waals surface area (Å²) in [7, 11) is 1.53. The third-order valence-electron chi connectivity index (χ3n) is 2.76. The molecule has 2 N–H and O–H groups in total. The van der Waals surface area contributed by atoms with Crippen LogP contribution in [0.3, 0.4) is 0 Å². The van der Waals surface area contributed by atoms with E-state index in [0.29, 0.717) is 16.5 Å². The standard InChI is InChI=1S/C15H15ClN2O2/c1-10-8-13(14(20-2)9-12(10)16)18-15(19)17-11-6-4-3-5-7-11/h3-9H,1-2H3,(H2,17,18,19). The van der Waals surface area contributed by atoms with Gasteiger partial charge in [-0.2, -0.15) is 0 Å². The van der Waals surface area contributed by atoms with Gasteiger partial charge in [-0.3, -0.25) is 0 Å². The van der Waals surface area contributed by atoms with Crippen LogP contribution < -0.4 is 15.4 Å². The molecule has 0 atom stereocenters. The van der Waals surface area contributed by atoms with Gasteiger partial charge in [0.25, 0.3) is 0 Å². The molecule has 0 saturated carbocycles. The summed E-state index contributed by atoms with van der Waals surface area (Å²) in [4.78, 5) is 11.9. The van der Waals surface area contributed by atoms with Crippen molar-refractivity contribution in [2.45, 2.75) is 6.92 Å². The summed E-state index contributed by atoms with van der Waals surface area (Å²) in [6.07, 6.45) is 0. The third kappa shape index (κ3) is 3.42. The number of carbonyl (C=O) groups is 1. The summed E-state index contributed by atoms with van der Waals surface area (Å²) >= 11 is 6.02. The number of benzene rings is 2. The number of methoxy groups -OCH3 is 1. The van der Waals surface area contributed by atoms with Gasteiger partial charge in [-0.1, -0.05) is 29.8 Å². The number of aryl methyl sites for hydroxylation is 1. The highest BCUT2D eigenvalue weighted by molar-refractivity contribution is 6.31. The van der Waals surface area contributed by atoms with Crippen LogP contribution in [-0.4, -0.2) is 13.1 Å². The fourth-order valence-electron chi connectivity index (χ4n) is 1.74. The highest BCUT2D eigenvalue weighted by atomic mass is 35.5. The van der Waals surface area contributed by atoms with Crippen LogP contribution in [0.5, 0.6) is 5.75 Å². The lowest BCUT2D eigenvalue weighted by molar-refractivity contribution is 0.262. The number of ether oxygens (including phenoxy) is 1. The number of para-hydroxylation sites is 1. The molecule has 0 fully saturated rings. The monoisotopic (exact) mass is 290 g/mol. The van der Waals surface area contributed by atoms with E-state index in [1.54, 1.807) is 12.1 Å². The lowest BCUT2D eigenvalue weighted by Gasteiger charge is -2.13. The number of halogens is 1. The van der Waals surface area contributed by atoms with Crippen molar-refractivity contribution in [2.75, 3.05) is 17.7 Å². The second kappa shape index (κ2) is 6.30. The number of amides is 2. The summed E-state index contributed by atoms with van der Waals surface area (Å²) < 4.78 is 5.21. The minimum absolute atomic E-state index is 0.337. The molecular formula is C15H15ClN2O2. The molecule has 0 aromatic heterocycles. The number of rotatable bonds is 3. The van der Waals surface area contributed by atoms with Gasteiger partial charge in [0.05, 0.1) is 12.8 Å². The number of urea groups is 1. The van der Waals surface area contributed by atoms with Crippen molar-refractivity contribution >= 4 is 29.0 Å². The average molecular weight is 291 g/mol. The zero-order chi connectivity index (χ0) is 14.5. The maximum Gasteiger partial charge on any atom is 0.323 e. The number of hydrogen-bond donors (Lipinski definition) is 2. The Balaban J connectivity index is 2.13. The van der Waals surface area contributed by atoms with Crippen molar-refractivity contribution in [3.8, 4) is 5.75 Å².